The molecule has 2 nitrogen and oxygen atoms in total. The lowest BCUT2D eigenvalue weighted by Crippen LogP contribution is -2.44. The largest absolute Gasteiger partial charge is 0.376 e. The highest BCUT2D eigenvalue weighted by Crippen LogP contribution is 2.35. The molecule has 0 spiro atoms. The van der Waals surface area contributed by atoms with Crippen LogP contribution in [0, 0.1) is 5.92 Å². The maximum absolute atomic E-state index is 6.36. The first-order valence-electron chi connectivity index (χ1n) is 8.70. The van der Waals surface area contributed by atoms with Gasteiger partial charge in [-0.3, -0.25) is 0 Å². The molecular formula is C19H29NO. The maximum atomic E-state index is 6.36. The van der Waals surface area contributed by atoms with Crippen LogP contribution in [0.15, 0.2) is 30.3 Å². The molecule has 2 fully saturated rings. The highest BCUT2D eigenvalue weighted by molar-refractivity contribution is 5.20. The molecule has 2 aliphatic carbocycles. The van der Waals surface area contributed by atoms with Gasteiger partial charge in [-0.25, -0.2) is 0 Å². The zero-order valence-electron chi connectivity index (χ0n) is 13.3. The third kappa shape index (κ3) is 3.87. The Morgan fingerprint density at radius 1 is 1.05 bits per heavy atom. The van der Waals surface area contributed by atoms with Crippen LogP contribution in [-0.2, 0) is 4.74 Å². The summed E-state index contributed by atoms with van der Waals surface area (Å²) in [5.41, 5.74) is 1.49. The average Bonchev–Trinajstić information content (AvgIpc) is 3.07. The van der Waals surface area contributed by atoms with Crippen molar-refractivity contribution in [2.45, 2.75) is 63.0 Å². The lowest BCUT2D eigenvalue weighted by atomic mass is 9.80. The van der Waals surface area contributed by atoms with Crippen LogP contribution in [0.1, 0.15) is 56.4 Å². The fourth-order valence-electron chi connectivity index (χ4n) is 4.11. The molecule has 0 aliphatic heterocycles. The Bertz CT molecular complexity index is 413. The minimum Gasteiger partial charge on any atom is -0.376 e. The Hall–Kier alpha value is -0.860. The first kappa shape index (κ1) is 15.1. The molecule has 2 saturated carbocycles. The molecule has 21 heavy (non-hydrogen) atoms. The summed E-state index contributed by atoms with van der Waals surface area (Å²) in [6.07, 6.45) is 9.61. The number of rotatable bonds is 5. The van der Waals surface area contributed by atoms with Gasteiger partial charge in [-0.05, 0) is 56.6 Å². The summed E-state index contributed by atoms with van der Waals surface area (Å²) < 4.78 is 6.36. The first-order valence-corrected chi connectivity index (χ1v) is 8.70. The van der Waals surface area contributed by atoms with Gasteiger partial charge in [0.25, 0.3) is 0 Å². The topological polar surface area (TPSA) is 21.3 Å². The molecule has 116 valence electrons. The minimum atomic E-state index is 0.384. The summed E-state index contributed by atoms with van der Waals surface area (Å²) >= 11 is 0. The molecule has 3 rings (SSSR count). The van der Waals surface area contributed by atoms with Crippen molar-refractivity contribution >= 4 is 0 Å². The van der Waals surface area contributed by atoms with Crippen LogP contribution in [0.4, 0.5) is 0 Å². The molecule has 1 N–H and O–H groups in total. The molecule has 1 aromatic carbocycles. The van der Waals surface area contributed by atoms with Crippen molar-refractivity contribution in [3.05, 3.63) is 35.9 Å². The van der Waals surface area contributed by atoms with Crippen molar-refractivity contribution in [2.24, 2.45) is 5.92 Å². The molecule has 0 aromatic heterocycles. The van der Waals surface area contributed by atoms with Crippen molar-refractivity contribution in [2.75, 3.05) is 13.7 Å². The summed E-state index contributed by atoms with van der Waals surface area (Å²) in [5, 5.41) is 3.48. The zero-order chi connectivity index (χ0) is 14.5. The second kappa shape index (κ2) is 7.42. The van der Waals surface area contributed by atoms with Gasteiger partial charge in [-0.15, -0.1) is 0 Å². The van der Waals surface area contributed by atoms with Crippen LogP contribution < -0.4 is 5.32 Å². The van der Waals surface area contributed by atoms with E-state index in [4.69, 9.17) is 4.74 Å². The van der Waals surface area contributed by atoms with Gasteiger partial charge in [-0.1, -0.05) is 43.2 Å². The highest BCUT2D eigenvalue weighted by atomic mass is 16.5. The Morgan fingerprint density at radius 2 is 1.81 bits per heavy atom. The monoisotopic (exact) mass is 287 g/mol. The zero-order valence-corrected chi connectivity index (χ0v) is 13.3. The van der Waals surface area contributed by atoms with Gasteiger partial charge in [0.15, 0.2) is 0 Å². The van der Waals surface area contributed by atoms with Crippen LogP contribution in [0.3, 0.4) is 0 Å². The van der Waals surface area contributed by atoms with E-state index in [1.165, 1.54) is 50.5 Å². The molecule has 0 bridgehead atoms. The molecule has 0 saturated heterocycles. The summed E-state index contributed by atoms with van der Waals surface area (Å²) in [4.78, 5) is 0. The van der Waals surface area contributed by atoms with Crippen LogP contribution >= 0.6 is 0 Å². The molecular weight excluding hydrogens is 258 g/mol. The fraction of sp³-hybridized carbons (Fsp3) is 0.684. The lowest BCUT2D eigenvalue weighted by molar-refractivity contribution is -0.0147. The van der Waals surface area contributed by atoms with Crippen LogP contribution in [0.2, 0.25) is 0 Å². The van der Waals surface area contributed by atoms with Crippen LogP contribution in [0.25, 0.3) is 0 Å². The van der Waals surface area contributed by atoms with Crippen LogP contribution in [0.5, 0.6) is 0 Å². The van der Waals surface area contributed by atoms with E-state index in [9.17, 15) is 0 Å². The second-order valence-corrected chi connectivity index (χ2v) is 6.84. The fourth-order valence-corrected chi connectivity index (χ4v) is 4.11. The van der Waals surface area contributed by atoms with E-state index in [-0.39, 0.29) is 0 Å². The minimum absolute atomic E-state index is 0.384. The van der Waals surface area contributed by atoms with E-state index in [2.05, 4.69) is 42.7 Å². The van der Waals surface area contributed by atoms with E-state index in [0.29, 0.717) is 18.1 Å². The maximum Gasteiger partial charge on any atom is 0.0733 e. The van der Waals surface area contributed by atoms with Crippen molar-refractivity contribution < 1.29 is 4.74 Å². The molecule has 2 aliphatic rings. The van der Waals surface area contributed by atoms with Crippen molar-refractivity contribution in [1.29, 1.82) is 0 Å². The Kier molecular flexibility index (Phi) is 5.32. The molecule has 0 radical (unpaired) electrons. The summed E-state index contributed by atoms with van der Waals surface area (Å²) in [7, 11) is 2.08. The van der Waals surface area contributed by atoms with Gasteiger partial charge in [-0.2, -0.15) is 0 Å². The number of hydrogen-bond acceptors (Lipinski definition) is 2. The first-order chi connectivity index (χ1) is 10.4. The third-order valence-electron chi connectivity index (χ3n) is 5.45. The summed E-state index contributed by atoms with van der Waals surface area (Å²) in [5.74, 6) is 1.49. The van der Waals surface area contributed by atoms with E-state index < -0.39 is 0 Å². The lowest BCUT2D eigenvalue weighted by Gasteiger charge is -2.36. The van der Waals surface area contributed by atoms with Gasteiger partial charge in [0, 0.05) is 12.6 Å². The van der Waals surface area contributed by atoms with Crippen molar-refractivity contribution in [3.8, 4) is 0 Å². The van der Waals surface area contributed by atoms with E-state index in [1.807, 2.05) is 0 Å². The van der Waals surface area contributed by atoms with Crippen LogP contribution in [-0.4, -0.2) is 25.8 Å². The Labute approximate surface area is 129 Å². The molecule has 1 aromatic rings. The standard InChI is InChI=1S/C19H29NO/c1-20-18-12-11-17(16-9-3-2-4-10-16)13-19(18)21-14-15-7-5-6-8-15/h2-4,9-10,15,17-20H,5-8,11-14H2,1H3. The third-order valence-corrected chi connectivity index (χ3v) is 5.45. The van der Waals surface area contributed by atoms with Gasteiger partial charge in [0.2, 0.25) is 0 Å². The Balaban J connectivity index is 1.58. The number of benzene rings is 1. The average molecular weight is 287 g/mol. The predicted molar refractivity (Wildman–Crippen MR) is 87.6 cm³/mol. The van der Waals surface area contributed by atoms with E-state index in [1.54, 1.807) is 0 Å². The van der Waals surface area contributed by atoms with Gasteiger partial charge in [0.05, 0.1) is 6.10 Å². The molecule has 3 atom stereocenters. The second-order valence-electron chi connectivity index (χ2n) is 6.84. The highest BCUT2D eigenvalue weighted by Gasteiger charge is 2.31. The normalized spacial score (nSPS) is 30.6. The number of likely N-dealkylation sites (N-methyl/N-ethyl adjacent to an activating group) is 1. The van der Waals surface area contributed by atoms with Crippen molar-refractivity contribution in [1.82, 2.24) is 5.32 Å². The van der Waals surface area contributed by atoms with E-state index >= 15 is 0 Å². The Morgan fingerprint density at radius 3 is 2.52 bits per heavy atom. The molecule has 0 heterocycles. The SMILES string of the molecule is CNC1CCC(c2ccccc2)CC1OCC1CCCC1. The number of hydrogen-bond donors (Lipinski definition) is 1. The predicted octanol–water partition coefficient (Wildman–Crippen LogP) is 4.12. The van der Waals surface area contributed by atoms with Gasteiger partial charge >= 0.3 is 0 Å². The summed E-state index contributed by atoms with van der Waals surface area (Å²) in [6, 6.07) is 11.5. The van der Waals surface area contributed by atoms with E-state index in [0.717, 1.165) is 12.5 Å². The number of nitrogens with one attached hydrogen (secondary N) is 1. The summed E-state index contributed by atoms with van der Waals surface area (Å²) in [6.45, 7) is 0.977. The quantitative estimate of drug-likeness (QED) is 0.879. The van der Waals surface area contributed by atoms with Gasteiger partial charge in [0.1, 0.15) is 0 Å². The molecule has 0 amide bonds. The van der Waals surface area contributed by atoms with Gasteiger partial charge < -0.3 is 10.1 Å². The van der Waals surface area contributed by atoms with Crippen molar-refractivity contribution in [3.63, 3.8) is 0 Å². The number of ether oxygens (including phenoxy) is 1. The smallest absolute Gasteiger partial charge is 0.0733 e. The molecule has 2 heteroatoms. The molecule has 3 unspecified atom stereocenters.